The van der Waals surface area contributed by atoms with Crippen LogP contribution in [0, 0.1) is 5.41 Å². The summed E-state index contributed by atoms with van der Waals surface area (Å²) in [5.74, 6) is 0.232. The van der Waals surface area contributed by atoms with Gasteiger partial charge < -0.3 is 16.0 Å². The molecule has 1 aromatic carbocycles. The van der Waals surface area contributed by atoms with E-state index in [1.807, 2.05) is 38.1 Å². The van der Waals surface area contributed by atoms with E-state index < -0.39 is 0 Å². The van der Waals surface area contributed by atoms with Crippen molar-refractivity contribution >= 4 is 23.6 Å². The lowest BCUT2D eigenvalue weighted by Gasteiger charge is -2.34. The number of thioether (sulfide) groups is 1. The standard InChI is InChI=1S/C19H29N3O2S/c1-14(2)22-17(23)12-25-16-7-5-4-6-15(16)18(24)21-13-19(3)8-10-20-11-9-19/h4-7,14,20H,8-13H2,1-3H3,(H,21,24)(H,22,23). The Morgan fingerprint density at radius 1 is 1.24 bits per heavy atom. The first-order valence-electron chi connectivity index (χ1n) is 8.90. The lowest BCUT2D eigenvalue weighted by atomic mass is 9.81. The van der Waals surface area contributed by atoms with Crippen molar-refractivity contribution in [3.05, 3.63) is 29.8 Å². The molecule has 0 unspecified atom stereocenters. The number of hydrogen-bond acceptors (Lipinski definition) is 4. The van der Waals surface area contributed by atoms with Gasteiger partial charge in [-0.15, -0.1) is 11.8 Å². The molecule has 1 fully saturated rings. The Kier molecular flexibility index (Phi) is 7.32. The van der Waals surface area contributed by atoms with Crippen LogP contribution in [0.15, 0.2) is 29.2 Å². The topological polar surface area (TPSA) is 70.2 Å². The average Bonchev–Trinajstić information content (AvgIpc) is 2.58. The summed E-state index contributed by atoms with van der Waals surface area (Å²) in [6.07, 6.45) is 2.14. The second-order valence-corrected chi connectivity index (χ2v) is 8.27. The molecule has 0 spiro atoms. The van der Waals surface area contributed by atoms with Gasteiger partial charge in [0.05, 0.1) is 11.3 Å². The number of rotatable bonds is 7. The SMILES string of the molecule is CC(C)NC(=O)CSc1ccccc1C(=O)NCC1(C)CCNCC1. The molecule has 0 aliphatic carbocycles. The molecule has 1 aliphatic heterocycles. The van der Waals surface area contributed by atoms with E-state index in [0.717, 1.165) is 30.8 Å². The molecule has 1 aromatic rings. The van der Waals surface area contributed by atoms with Gasteiger partial charge in [-0.05, 0) is 57.3 Å². The Hall–Kier alpha value is -1.53. The van der Waals surface area contributed by atoms with Gasteiger partial charge in [-0.2, -0.15) is 0 Å². The van der Waals surface area contributed by atoms with Gasteiger partial charge in [-0.25, -0.2) is 0 Å². The first-order valence-corrected chi connectivity index (χ1v) is 9.88. The molecule has 138 valence electrons. The first kappa shape index (κ1) is 19.8. The second-order valence-electron chi connectivity index (χ2n) is 7.25. The third-order valence-electron chi connectivity index (χ3n) is 4.43. The Bertz CT molecular complexity index is 598. The molecule has 0 aromatic heterocycles. The molecule has 2 rings (SSSR count). The van der Waals surface area contributed by atoms with Crippen LogP contribution in [0.3, 0.4) is 0 Å². The van der Waals surface area contributed by atoms with Crippen molar-refractivity contribution in [3.8, 4) is 0 Å². The van der Waals surface area contributed by atoms with Crippen molar-refractivity contribution in [1.82, 2.24) is 16.0 Å². The molecule has 25 heavy (non-hydrogen) atoms. The smallest absolute Gasteiger partial charge is 0.252 e. The highest BCUT2D eigenvalue weighted by molar-refractivity contribution is 8.00. The average molecular weight is 364 g/mol. The summed E-state index contributed by atoms with van der Waals surface area (Å²) in [6.45, 7) is 8.79. The summed E-state index contributed by atoms with van der Waals surface area (Å²) in [5, 5.41) is 9.31. The minimum Gasteiger partial charge on any atom is -0.353 e. The highest BCUT2D eigenvalue weighted by Crippen LogP contribution is 2.27. The highest BCUT2D eigenvalue weighted by atomic mass is 32.2. The van der Waals surface area contributed by atoms with Crippen molar-refractivity contribution in [2.24, 2.45) is 5.41 Å². The molecule has 0 radical (unpaired) electrons. The van der Waals surface area contributed by atoms with E-state index in [1.165, 1.54) is 11.8 Å². The van der Waals surface area contributed by atoms with E-state index in [4.69, 9.17) is 0 Å². The second kappa shape index (κ2) is 9.25. The fourth-order valence-electron chi connectivity index (χ4n) is 2.88. The van der Waals surface area contributed by atoms with Gasteiger partial charge in [0.25, 0.3) is 5.91 Å². The van der Waals surface area contributed by atoms with Crippen molar-refractivity contribution in [2.45, 2.75) is 44.6 Å². The van der Waals surface area contributed by atoms with Gasteiger partial charge in [0.2, 0.25) is 5.91 Å². The Balaban J connectivity index is 1.94. The maximum absolute atomic E-state index is 12.6. The molecule has 0 saturated carbocycles. The molecule has 6 heteroatoms. The minimum absolute atomic E-state index is 0.0163. The fourth-order valence-corrected chi connectivity index (χ4v) is 3.74. The van der Waals surface area contributed by atoms with Crippen LogP contribution >= 0.6 is 11.8 Å². The first-order chi connectivity index (χ1) is 11.9. The minimum atomic E-state index is -0.0628. The number of piperidine rings is 1. The van der Waals surface area contributed by atoms with Gasteiger partial charge in [0.1, 0.15) is 0 Å². The fraction of sp³-hybridized carbons (Fsp3) is 0.579. The van der Waals surface area contributed by atoms with Gasteiger partial charge in [0, 0.05) is 17.5 Å². The van der Waals surface area contributed by atoms with Crippen molar-refractivity contribution in [1.29, 1.82) is 0 Å². The quantitative estimate of drug-likeness (QED) is 0.651. The molecule has 1 saturated heterocycles. The van der Waals surface area contributed by atoms with E-state index in [1.54, 1.807) is 0 Å². The number of carbonyl (C=O) groups is 2. The highest BCUT2D eigenvalue weighted by Gasteiger charge is 2.27. The maximum Gasteiger partial charge on any atom is 0.252 e. The Labute approximate surface area is 154 Å². The molecule has 1 aliphatic rings. The summed E-state index contributed by atoms with van der Waals surface area (Å²) in [4.78, 5) is 25.3. The van der Waals surface area contributed by atoms with E-state index in [2.05, 4.69) is 22.9 Å². The monoisotopic (exact) mass is 363 g/mol. The number of nitrogens with one attached hydrogen (secondary N) is 3. The van der Waals surface area contributed by atoms with Crippen LogP contribution in [0.4, 0.5) is 0 Å². The molecular formula is C19H29N3O2S. The number of benzene rings is 1. The summed E-state index contributed by atoms with van der Waals surface area (Å²) in [7, 11) is 0. The maximum atomic E-state index is 12.6. The zero-order chi connectivity index (χ0) is 18.3. The number of carbonyl (C=O) groups excluding carboxylic acids is 2. The number of hydrogen-bond donors (Lipinski definition) is 3. The van der Waals surface area contributed by atoms with Crippen LogP contribution in [-0.2, 0) is 4.79 Å². The van der Waals surface area contributed by atoms with Crippen molar-refractivity contribution in [2.75, 3.05) is 25.4 Å². The lowest BCUT2D eigenvalue weighted by Crippen LogP contribution is -2.43. The predicted molar refractivity (Wildman–Crippen MR) is 103 cm³/mol. The van der Waals surface area contributed by atoms with Crippen LogP contribution in [0.2, 0.25) is 0 Å². The van der Waals surface area contributed by atoms with E-state index >= 15 is 0 Å². The van der Waals surface area contributed by atoms with Gasteiger partial charge in [-0.3, -0.25) is 9.59 Å². The van der Waals surface area contributed by atoms with E-state index in [-0.39, 0.29) is 23.3 Å². The van der Waals surface area contributed by atoms with Crippen LogP contribution in [0.25, 0.3) is 0 Å². The van der Waals surface area contributed by atoms with E-state index in [0.29, 0.717) is 17.9 Å². The van der Waals surface area contributed by atoms with Crippen molar-refractivity contribution in [3.63, 3.8) is 0 Å². The van der Waals surface area contributed by atoms with E-state index in [9.17, 15) is 9.59 Å². The zero-order valence-corrected chi connectivity index (χ0v) is 16.2. The van der Waals surface area contributed by atoms with Crippen LogP contribution in [-0.4, -0.2) is 43.2 Å². The lowest BCUT2D eigenvalue weighted by molar-refractivity contribution is -0.119. The van der Waals surface area contributed by atoms with Crippen LogP contribution in [0.1, 0.15) is 44.0 Å². The third kappa shape index (κ3) is 6.36. The summed E-state index contributed by atoms with van der Waals surface area (Å²) in [6, 6.07) is 7.60. The molecule has 0 bridgehead atoms. The Morgan fingerprint density at radius 2 is 1.92 bits per heavy atom. The van der Waals surface area contributed by atoms with Crippen LogP contribution in [0.5, 0.6) is 0 Å². The largest absolute Gasteiger partial charge is 0.353 e. The summed E-state index contributed by atoms with van der Waals surface area (Å²) in [5.41, 5.74) is 0.794. The third-order valence-corrected chi connectivity index (χ3v) is 5.50. The molecule has 2 amide bonds. The molecule has 3 N–H and O–H groups in total. The summed E-state index contributed by atoms with van der Waals surface area (Å²) >= 11 is 1.40. The Morgan fingerprint density at radius 3 is 2.60 bits per heavy atom. The molecule has 0 atom stereocenters. The van der Waals surface area contributed by atoms with Gasteiger partial charge in [-0.1, -0.05) is 19.1 Å². The number of amides is 2. The molecule has 1 heterocycles. The summed E-state index contributed by atoms with van der Waals surface area (Å²) < 4.78 is 0. The van der Waals surface area contributed by atoms with Crippen molar-refractivity contribution < 1.29 is 9.59 Å². The predicted octanol–water partition coefficient (Wildman–Crippen LogP) is 2.42. The normalized spacial score (nSPS) is 16.5. The van der Waals surface area contributed by atoms with Crippen LogP contribution < -0.4 is 16.0 Å². The molecular weight excluding hydrogens is 334 g/mol. The molecule has 5 nitrogen and oxygen atoms in total. The van der Waals surface area contributed by atoms with Gasteiger partial charge in [0.15, 0.2) is 0 Å². The van der Waals surface area contributed by atoms with Gasteiger partial charge >= 0.3 is 0 Å². The zero-order valence-electron chi connectivity index (χ0n) is 15.4.